The molecule has 2 nitrogen and oxygen atoms in total. The first-order valence-electron chi connectivity index (χ1n) is 7.92. The zero-order valence-corrected chi connectivity index (χ0v) is 12.2. The fraction of sp³-hybridized carbons (Fsp3) is 0.368. The summed E-state index contributed by atoms with van der Waals surface area (Å²) in [5.41, 5.74) is 4.41. The van der Waals surface area contributed by atoms with Gasteiger partial charge in [-0.25, -0.2) is 0 Å². The standard InChI is InChI=1S/C19H21NO/c1-2-6-15-11-17(10-9-14(15)5-1)20-12-16-13-21-19-8-4-3-7-18(16)19/h1-8,16-17,20H,9-13H2. The quantitative estimate of drug-likeness (QED) is 0.930. The Hall–Kier alpha value is -1.80. The number of ether oxygens (including phenoxy) is 1. The van der Waals surface area contributed by atoms with Crippen molar-refractivity contribution in [1.82, 2.24) is 5.32 Å². The first-order chi connectivity index (χ1) is 10.4. The summed E-state index contributed by atoms with van der Waals surface area (Å²) in [5.74, 6) is 1.57. The molecule has 0 fully saturated rings. The molecule has 0 aromatic heterocycles. The van der Waals surface area contributed by atoms with Crippen molar-refractivity contribution in [2.45, 2.75) is 31.2 Å². The Morgan fingerprint density at radius 1 is 1.00 bits per heavy atom. The minimum Gasteiger partial charge on any atom is -0.493 e. The van der Waals surface area contributed by atoms with Gasteiger partial charge in [0, 0.05) is 24.1 Å². The molecule has 1 aliphatic carbocycles. The molecular weight excluding hydrogens is 258 g/mol. The zero-order chi connectivity index (χ0) is 14.1. The number of benzene rings is 2. The molecule has 2 aromatic rings. The average molecular weight is 279 g/mol. The van der Waals surface area contributed by atoms with Crippen LogP contribution in [0.3, 0.4) is 0 Å². The zero-order valence-electron chi connectivity index (χ0n) is 12.2. The number of rotatable bonds is 3. The summed E-state index contributed by atoms with van der Waals surface area (Å²) in [6.07, 6.45) is 3.60. The van der Waals surface area contributed by atoms with E-state index in [2.05, 4.69) is 47.8 Å². The van der Waals surface area contributed by atoms with Crippen molar-refractivity contribution in [3.05, 3.63) is 65.2 Å². The van der Waals surface area contributed by atoms with E-state index >= 15 is 0 Å². The van der Waals surface area contributed by atoms with E-state index in [-0.39, 0.29) is 0 Å². The summed E-state index contributed by atoms with van der Waals surface area (Å²) in [6, 6.07) is 17.9. The molecule has 0 saturated heterocycles. The molecule has 0 bridgehead atoms. The normalized spacial score (nSPS) is 23.2. The number of aryl methyl sites for hydroxylation is 1. The molecule has 2 aliphatic rings. The second kappa shape index (κ2) is 5.53. The number of hydrogen-bond donors (Lipinski definition) is 1. The minimum absolute atomic E-state index is 0.498. The predicted molar refractivity (Wildman–Crippen MR) is 84.9 cm³/mol. The molecule has 4 rings (SSSR count). The van der Waals surface area contributed by atoms with Crippen LogP contribution in [0.1, 0.15) is 29.0 Å². The molecule has 2 unspecified atom stereocenters. The summed E-state index contributed by atoms with van der Waals surface area (Å²) in [6.45, 7) is 1.83. The molecule has 2 atom stereocenters. The molecule has 0 saturated carbocycles. The first kappa shape index (κ1) is 12.9. The highest BCUT2D eigenvalue weighted by Crippen LogP contribution is 2.33. The molecule has 0 radical (unpaired) electrons. The van der Waals surface area contributed by atoms with Crippen molar-refractivity contribution >= 4 is 0 Å². The van der Waals surface area contributed by atoms with Crippen LogP contribution in [0.5, 0.6) is 5.75 Å². The second-order valence-electron chi connectivity index (χ2n) is 6.16. The second-order valence-corrected chi connectivity index (χ2v) is 6.16. The highest BCUT2D eigenvalue weighted by atomic mass is 16.5. The van der Waals surface area contributed by atoms with Crippen LogP contribution < -0.4 is 10.1 Å². The number of para-hydroxylation sites is 1. The summed E-state index contributed by atoms with van der Waals surface area (Å²) in [4.78, 5) is 0. The third-order valence-corrected chi connectivity index (χ3v) is 4.80. The highest BCUT2D eigenvalue weighted by molar-refractivity contribution is 5.39. The van der Waals surface area contributed by atoms with Gasteiger partial charge in [-0.2, -0.15) is 0 Å². The Morgan fingerprint density at radius 3 is 2.76 bits per heavy atom. The van der Waals surface area contributed by atoms with E-state index in [0.29, 0.717) is 12.0 Å². The van der Waals surface area contributed by atoms with Gasteiger partial charge < -0.3 is 10.1 Å². The Bertz CT molecular complexity index is 637. The average Bonchev–Trinajstić information content (AvgIpc) is 2.96. The Labute approximate surface area is 126 Å². The van der Waals surface area contributed by atoms with Crippen LogP contribution in [-0.4, -0.2) is 19.2 Å². The summed E-state index contributed by atoms with van der Waals surface area (Å²) in [7, 11) is 0. The highest BCUT2D eigenvalue weighted by Gasteiger charge is 2.25. The maximum absolute atomic E-state index is 5.77. The van der Waals surface area contributed by atoms with Crippen LogP contribution in [0.15, 0.2) is 48.5 Å². The molecule has 1 heterocycles. The lowest BCUT2D eigenvalue weighted by molar-refractivity contribution is 0.319. The van der Waals surface area contributed by atoms with Crippen molar-refractivity contribution in [1.29, 1.82) is 0 Å². The minimum atomic E-state index is 0.498. The lowest BCUT2D eigenvalue weighted by Crippen LogP contribution is -2.37. The largest absolute Gasteiger partial charge is 0.493 e. The van der Waals surface area contributed by atoms with E-state index in [0.717, 1.165) is 25.3 Å². The predicted octanol–water partition coefficient (Wildman–Crippen LogP) is 3.31. The maximum atomic E-state index is 5.77. The van der Waals surface area contributed by atoms with Crippen molar-refractivity contribution in [3.63, 3.8) is 0 Å². The van der Waals surface area contributed by atoms with Gasteiger partial charge in [-0.3, -0.25) is 0 Å². The Morgan fingerprint density at radius 2 is 1.81 bits per heavy atom. The van der Waals surface area contributed by atoms with E-state index in [4.69, 9.17) is 4.74 Å². The van der Waals surface area contributed by atoms with E-state index in [1.807, 2.05) is 6.07 Å². The first-order valence-corrected chi connectivity index (χ1v) is 7.92. The fourth-order valence-electron chi connectivity index (χ4n) is 3.58. The molecule has 0 amide bonds. The van der Waals surface area contributed by atoms with Gasteiger partial charge in [0.1, 0.15) is 5.75 Å². The van der Waals surface area contributed by atoms with Crippen LogP contribution in [-0.2, 0) is 12.8 Å². The third-order valence-electron chi connectivity index (χ3n) is 4.80. The molecule has 1 aliphatic heterocycles. The lowest BCUT2D eigenvalue weighted by Gasteiger charge is -2.26. The lowest BCUT2D eigenvalue weighted by atomic mass is 9.88. The molecule has 2 heteroatoms. The van der Waals surface area contributed by atoms with Crippen LogP contribution in [0, 0.1) is 0 Å². The van der Waals surface area contributed by atoms with Gasteiger partial charge in [0.2, 0.25) is 0 Å². The van der Waals surface area contributed by atoms with Crippen molar-refractivity contribution < 1.29 is 4.74 Å². The number of nitrogens with one attached hydrogen (secondary N) is 1. The van der Waals surface area contributed by atoms with E-state index in [1.165, 1.54) is 29.5 Å². The van der Waals surface area contributed by atoms with Gasteiger partial charge in [-0.05, 0) is 36.5 Å². The van der Waals surface area contributed by atoms with E-state index in [9.17, 15) is 0 Å². The van der Waals surface area contributed by atoms with Crippen molar-refractivity contribution in [3.8, 4) is 5.75 Å². The fourth-order valence-corrected chi connectivity index (χ4v) is 3.58. The number of fused-ring (bicyclic) bond motifs is 2. The smallest absolute Gasteiger partial charge is 0.122 e. The van der Waals surface area contributed by atoms with Crippen LogP contribution in [0.4, 0.5) is 0 Å². The molecular formula is C19H21NO. The molecule has 2 aromatic carbocycles. The molecule has 21 heavy (non-hydrogen) atoms. The van der Waals surface area contributed by atoms with Gasteiger partial charge in [0.15, 0.2) is 0 Å². The third kappa shape index (κ3) is 2.56. The number of hydrogen-bond acceptors (Lipinski definition) is 2. The van der Waals surface area contributed by atoms with Gasteiger partial charge in [-0.15, -0.1) is 0 Å². The SMILES string of the molecule is c1ccc2c(c1)CCC(NCC1COc3ccccc31)C2. The van der Waals surface area contributed by atoms with Crippen LogP contribution in [0.25, 0.3) is 0 Å². The van der Waals surface area contributed by atoms with Gasteiger partial charge >= 0.3 is 0 Å². The molecule has 0 spiro atoms. The van der Waals surface area contributed by atoms with Crippen molar-refractivity contribution in [2.24, 2.45) is 0 Å². The van der Waals surface area contributed by atoms with Gasteiger partial charge in [0.25, 0.3) is 0 Å². The van der Waals surface area contributed by atoms with Crippen LogP contribution in [0.2, 0.25) is 0 Å². The van der Waals surface area contributed by atoms with Gasteiger partial charge in [-0.1, -0.05) is 42.5 Å². The van der Waals surface area contributed by atoms with Crippen LogP contribution >= 0.6 is 0 Å². The van der Waals surface area contributed by atoms with Crippen molar-refractivity contribution in [2.75, 3.05) is 13.2 Å². The molecule has 108 valence electrons. The Balaban J connectivity index is 1.39. The molecule has 1 N–H and O–H groups in total. The van der Waals surface area contributed by atoms with E-state index < -0.39 is 0 Å². The summed E-state index contributed by atoms with van der Waals surface area (Å²) < 4.78 is 5.77. The monoisotopic (exact) mass is 279 g/mol. The Kier molecular flexibility index (Phi) is 3.40. The maximum Gasteiger partial charge on any atom is 0.122 e. The topological polar surface area (TPSA) is 21.3 Å². The summed E-state index contributed by atoms with van der Waals surface area (Å²) in [5, 5.41) is 3.77. The van der Waals surface area contributed by atoms with E-state index in [1.54, 1.807) is 0 Å². The van der Waals surface area contributed by atoms with Gasteiger partial charge in [0.05, 0.1) is 6.61 Å². The summed E-state index contributed by atoms with van der Waals surface area (Å²) >= 11 is 0.